The van der Waals surface area contributed by atoms with Crippen molar-refractivity contribution in [3.8, 4) is 11.8 Å². The fourth-order valence-corrected chi connectivity index (χ4v) is 2.74. The van der Waals surface area contributed by atoms with Gasteiger partial charge in [0.05, 0.1) is 6.54 Å². The van der Waals surface area contributed by atoms with Gasteiger partial charge >= 0.3 is 0 Å². The van der Waals surface area contributed by atoms with Gasteiger partial charge < -0.3 is 10.6 Å². The summed E-state index contributed by atoms with van der Waals surface area (Å²) in [4.78, 5) is 14.2. The number of carbonyl (C=O) groups excluding carboxylic acids is 1. The first-order valence-electron chi connectivity index (χ1n) is 5.97. The van der Waals surface area contributed by atoms with Gasteiger partial charge in [0.25, 0.3) is 5.91 Å². The molecule has 0 bridgehead atoms. The topological polar surface area (TPSA) is 46.3 Å². The highest BCUT2D eigenvalue weighted by Crippen LogP contribution is 2.13. The molecule has 3 nitrogen and oxygen atoms in total. The molecule has 0 spiro atoms. The summed E-state index contributed by atoms with van der Waals surface area (Å²) in [6, 6.07) is 7.45. The monoisotopic (exact) mass is 260 g/mol. The van der Waals surface area contributed by atoms with Gasteiger partial charge in [0, 0.05) is 35.7 Å². The summed E-state index contributed by atoms with van der Waals surface area (Å²) in [7, 11) is 0. The third-order valence-electron chi connectivity index (χ3n) is 2.74. The van der Waals surface area contributed by atoms with Crippen molar-refractivity contribution in [3.63, 3.8) is 0 Å². The molecule has 1 fully saturated rings. The Bertz CT molecular complexity index is 484. The molecule has 2 N–H and O–H groups in total. The molecule has 1 amide bonds. The minimum Gasteiger partial charge on any atom is -0.337 e. The number of nitrogens with zero attached hydrogens (tertiary/aromatic N) is 1. The summed E-state index contributed by atoms with van der Waals surface area (Å²) in [5.41, 5.74) is 6.90. The first kappa shape index (κ1) is 13.0. The van der Waals surface area contributed by atoms with Crippen LogP contribution in [0.15, 0.2) is 24.3 Å². The number of rotatable bonds is 1. The van der Waals surface area contributed by atoms with Crippen molar-refractivity contribution in [1.29, 1.82) is 0 Å². The molecule has 1 aliphatic rings. The number of carbonyl (C=O) groups is 1. The summed E-state index contributed by atoms with van der Waals surface area (Å²) in [5.74, 6) is 7.91. The van der Waals surface area contributed by atoms with Gasteiger partial charge in [0.1, 0.15) is 0 Å². The van der Waals surface area contributed by atoms with Gasteiger partial charge in [-0.25, -0.2) is 0 Å². The van der Waals surface area contributed by atoms with E-state index >= 15 is 0 Å². The molecule has 0 unspecified atom stereocenters. The van der Waals surface area contributed by atoms with Crippen LogP contribution in [0.1, 0.15) is 15.9 Å². The molecule has 1 heterocycles. The van der Waals surface area contributed by atoms with Gasteiger partial charge in [0.2, 0.25) is 0 Å². The predicted octanol–water partition coefficient (Wildman–Crippen LogP) is 1.19. The molecular weight excluding hydrogens is 244 g/mol. The fraction of sp³-hybridized carbons (Fsp3) is 0.357. The second-order valence-electron chi connectivity index (χ2n) is 3.99. The molecule has 0 aromatic heterocycles. The molecule has 2 rings (SSSR count). The van der Waals surface area contributed by atoms with E-state index in [1.807, 2.05) is 40.9 Å². The Morgan fingerprint density at radius 2 is 2.17 bits per heavy atom. The molecule has 1 aromatic rings. The van der Waals surface area contributed by atoms with Gasteiger partial charge in [-0.1, -0.05) is 17.9 Å². The van der Waals surface area contributed by atoms with Crippen molar-refractivity contribution >= 4 is 17.7 Å². The lowest BCUT2D eigenvalue weighted by molar-refractivity contribution is 0.0772. The number of benzene rings is 1. The van der Waals surface area contributed by atoms with Crippen LogP contribution in [0.2, 0.25) is 0 Å². The van der Waals surface area contributed by atoms with Crippen molar-refractivity contribution in [2.45, 2.75) is 0 Å². The van der Waals surface area contributed by atoms with E-state index in [2.05, 4.69) is 11.8 Å². The number of hydrogen-bond donors (Lipinski definition) is 1. The Morgan fingerprint density at radius 1 is 1.39 bits per heavy atom. The van der Waals surface area contributed by atoms with Crippen LogP contribution in [0, 0.1) is 11.8 Å². The van der Waals surface area contributed by atoms with Gasteiger partial charge in [-0.2, -0.15) is 11.8 Å². The average Bonchev–Trinajstić information content (AvgIpc) is 2.45. The molecule has 1 aliphatic heterocycles. The number of nitrogens with two attached hydrogens (primary N) is 1. The molecule has 0 atom stereocenters. The molecular formula is C14H16N2OS. The third kappa shape index (κ3) is 3.28. The van der Waals surface area contributed by atoms with E-state index in [-0.39, 0.29) is 5.91 Å². The lowest BCUT2D eigenvalue weighted by atomic mass is 10.1. The lowest BCUT2D eigenvalue weighted by Gasteiger charge is -2.26. The summed E-state index contributed by atoms with van der Waals surface area (Å²) < 4.78 is 0. The van der Waals surface area contributed by atoms with Crippen LogP contribution in [0.5, 0.6) is 0 Å². The summed E-state index contributed by atoms with van der Waals surface area (Å²) in [6.45, 7) is 2.01. The van der Waals surface area contributed by atoms with Gasteiger partial charge in [0.15, 0.2) is 0 Å². The maximum absolute atomic E-state index is 12.3. The molecule has 0 radical (unpaired) electrons. The van der Waals surface area contributed by atoms with E-state index in [0.29, 0.717) is 12.1 Å². The zero-order valence-corrected chi connectivity index (χ0v) is 11.0. The van der Waals surface area contributed by atoms with Crippen LogP contribution in [0.25, 0.3) is 0 Å². The highest BCUT2D eigenvalue weighted by atomic mass is 32.2. The van der Waals surface area contributed by atoms with Crippen LogP contribution in [-0.2, 0) is 0 Å². The molecule has 1 aromatic carbocycles. The summed E-state index contributed by atoms with van der Waals surface area (Å²) >= 11 is 1.90. The second kappa shape index (κ2) is 6.48. The Balaban J connectivity index is 2.14. The third-order valence-corrected chi connectivity index (χ3v) is 3.69. The van der Waals surface area contributed by atoms with Crippen LogP contribution < -0.4 is 5.73 Å². The van der Waals surface area contributed by atoms with E-state index in [1.54, 1.807) is 0 Å². The van der Waals surface area contributed by atoms with E-state index in [0.717, 1.165) is 30.2 Å². The molecule has 4 heteroatoms. The van der Waals surface area contributed by atoms with E-state index in [4.69, 9.17) is 5.73 Å². The van der Waals surface area contributed by atoms with Crippen LogP contribution in [0.3, 0.4) is 0 Å². The molecule has 94 valence electrons. The molecule has 0 saturated carbocycles. The van der Waals surface area contributed by atoms with Gasteiger partial charge in [-0.05, 0) is 18.2 Å². The first-order chi connectivity index (χ1) is 8.81. The Morgan fingerprint density at radius 3 is 2.89 bits per heavy atom. The minimum absolute atomic E-state index is 0.103. The quantitative estimate of drug-likeness (QED) is 0.771. The van der Waals surface area contributed by atoms with E-state index in [1.165, 1.54) is 0 Å². The number of thioether (sulfide) groups is 1. The van der Waals surface area contributed by atoms with E-state index in [9.17, 15) is 4.79 Å². The molecule has 18 heavy (non-hydrogen) atoms. The smallest absolute Gasteiger partial charge is 0.253 e. The summed E-state index contributed by atoms with van der Waals surface area (Å²) in [6.07, 6.45) is 0. The van der Waals surface area contributed by atoms with Gasteiger partial charge in [-0.3, -0.25) is 4.79 Å². The summed E-state index contributed by atoms with van der Waals surface area (Å²) in [5, 5.41) is 0. The largest absolute Gasteiger partial charge is 0.337 e. The van der Waals surface area contributed by atoms with E-state index < -0.39 is 0 Å². The zero-order valence-electron chi connectivity index (χ0n) is 10.2. The van der Waals surface area contributed by atoms with Crippen LogP contribution in [0.4, 0.5) is 0 Å². The standard InChI is InChI=1S/C14H16N2OS/c15-6-2-4-12-3-1-5-13(11-12)14(17)16-7-9-18-10-8-16/h1,3,5,11H,6-10,15H2. The SMILES string of the molecule is NCC#Cc1cccc(C(=O)N2CCSCC2)c1. The van der Waals surface area contributed by atoms with Crippen molar-refractivity contribution in [2.75, 3.05) is 31.1 Å². The average molecular weight is 260 g/mol. The first-order valence-corrected chi connectivity index (χ1v) is 7.13. The minimum atomic E-state index is 0.103. The van der Waals surface area contributed by atoms with Crippen molar-refractivity contribution in [3.05, 3.63) is 35.4 Å². The maximum atomic E-state index is 12.3. The van der Waals surface area contributed by atoms with Crippen molar-refractivity contribution in [1.82, 2.24) is 4.90 Å². The van der Waals surface area contributed by atoms with Crippen molar-refractivity contribution in [2.24, 2.45) is 5.73 Å². The maximum Gasteiger partial charge on any atom is 0.253 e. The molecule has 0 aliphatic carbocycles. The van der Waals surface area contributed by atoms with Crippen LogP contribution >= 0.6 is 11.8 Å². The second-order valence-corrected chi connectivity index (χ2v) is 5.22. The Kier molecular flexibility index (Phi) is 4.68. The van der Waals surface area contributed by atoms with Gasteiger partial charge in [-0.15, -0.1) is 0 Å². The van der Waals surface area contributed by atoms with Crippen LogP contribution in [-0.4, -0.2) is 41.9 Å². The van der Waals surface area contributed by atoms with Crippen molar-refractivity contribution < 1.29 is 4.79 Å². The Hall–Kier alpha value is -1.44. The number of amides is 1. The predicted molar refractivity (Wildman–Crippen MR) is 75.6 cm³/mol. The molecule has 1 saturated heterocycles. The highest BCUT2D eigenvalue weighted by molar-refractivity contribution is 7.99. The fourth-order valence-electron chi connectivity index (χ4n) is 1.83. The normalized spacial score (nSPS) is 14.8. The zero-order chi connectivity index (χ0) is 12.8. The lowest BCUT2D eigenvalue weighted by Crippen LogP contribution is -2.37. The number of hydrogen-bond acceptors (Lipinski definition) is 3. The Labute approximate surface area is 112 Å². The highest BCUT2D eigenvalue weighted by Gasteiger charge is 2.18.